The Kier molecular flexibility index (Phi) is 7.63. The molecule has 0 aliphatic heterocycles. The van der Waals surface area contributed by atoms with E-state index in [0.29, 0.717) is 28.1 Å². The van der Waals surface area contributed by atoms with Gasteiger partial charge in [0, 0.05) is 10.9 Å². The van der Waals surface area contributed by atoms with Crippen molar-refractivity contribution < 1.29 is 18.7 Å². The highest BCUT2D eigenvalue weighted by atomic mass is 32.2. The van der Waals surface area contributed by atoms with Gasteiger partial charge in [-0.1, -0.05) is 11.8 Å². The molecule has 0 aliphatic carbocycles. The largest absolute Gasteiger partial charge is 0.493 e. The summed E-state index contributed by atoms with van der Waals surface area (Å²) in [6.45, 7) is 1.67. The monoisotopic (exact) mass is 532 g/mol. The third-order valence-electron chi connectivity index (χ3n) is 5.25. The number of hydrogen-bond acceptors (Lipinski definition) is 11. The number of nitriles is 2. The van der Waals surface area contributed by atoms with Gasteiger partial charge in [0.05, 0.1) is 42.6 Å². The number of furan rings is 1. The number of thiazole rings is 1. The normalized spacial score (nSPS) is 11.3. The lowest BCUT2D eigenvalue weighted by atomic mass is 10.0. The fourth-order valence-corrected chi connectivity index (χ4v) is 5.08. The number of aromatic nitrogens is 2. The van der Waals surface area contributed by atoms with Crippen molar-refractivity contribution in [3.8, 4) is 46.2 Å². The van der Waals surface area contributed by atoms with E-state index in [1.807, 2.05) is 17.5 Å². The van der Waals surface area contributed by atoms with Gasteiger partial charge in [-0.25, -0.2) is 9.97 Å². The smallest absolute Gasteiger partial charge is 0.239 e. The molecule has 1 atom stereocenters. The number of carbonyl (C=O) groups is 1. The van der Waals surface area contributed by atoms with Gasteiger partial charge in [0.1, 0.15) is 34.3 Å². The maximum absolute atomic E-state index is 13.0. The molecule has 1 aromatic carbocycles. The lowest BCUT2D eigenvalue weighted by Gasteiger charge is -2.14. The van der Waals surface area contributed by atoms with Crippen LogP contribution in [0, 0.1) is 22.7 Å². The van der Waals surface area contributed by atoms with Crippen molar-refractivity contribution in [2.75, 3.05) is 25.3 Å². The fourth-order valence-electron chi connectivity index (χ4n) is 3.44. The number of nitrogen functional groups attached to an aromatic ring is 1. The number of rotatable bonds is 8. The van der Waals surface area contributed by atoms with E-state index >= 15 is 0 Å². The molecule has 0 radical (unpaired) electrons. The molecular formula is C25H20N6O4S2. The van der Waals surface area contributed by atoms with Gasteiger partial charge in [0.15, 0.2) is 16.6 Å². The number of nitrogens with two attached hydrogens (primary N) is 1. The van der Waals surface area contributed by atoms with E-state index < -0.39 is 5.25 Å². The number of hydrogen-bond donors (Lipinski definition) is 2. The number of benzene rings is 1. The van der Waals surface area contributed by atoms with E-state index in [1.54, 1.807) is 45.4 Å². The number of anilines is 2. The van der Waals surface area contributed by atoms with Crippen LogP contribution in [0.15, 0.2) is 51.4 Å². The number of amides is 1. The molecule has 3 N–H and O–H groups in total. The first-order valence-corrected chi connectivity index (χ1v) is 12.5. The summed E-state index contributed by atoms with van der Waals surface area (Å²) in [5, 5.41) is 24.0. The van der Waals surface area contributed by atoms with Crippen molar-refractivity contribution in [3.63, 3.8) is 0 Å². The summed E-state index contributed by atoms with van der Waals surface area (Å²) in [6.07, 6.45) is 1.43. The molecule has 1 unspecified atom stereocenters. The number of ether oxygens (including phenoxy) is 2. The zero-order valence-electron chi connectivity index (χ0n) is 19.9. The second kappa shape index (κ2) is 11.0. The molecule has 0 saturated heterocycles. The molecule has 37 heavy (non-hydrogen) atoms. The molecule has 186 valence electrons. The van der Waals surface area contributed by atoms with E-state index in [0.717, 1.165) is 17.3 Å². The minimum Gasteiger partial charge on any atom is -0.493 e. The first-order chi connectivity index (χ1) is 17.9. The van der Waals surface area contributed by atoms with Gasteiger partial charge in [-0.05, 0) is 37.3 Å². The van der Waals surface area contributed by atoms with E-state index in [1.165, 1.54) is 17.6 Å². The Bertz CT molecular complexity index is 1540. The zero-order valence-corrected chi connectivity index (χ0v) is 21.6. The van der Waals surface area contributed by atoms with Crippen LogP contribution in [0.2, 0.25) is 0 Å². The predicted molar refractivity (Wildman–Crippen MR) is 140 cm³/mol. The SMILES string of the molecule is COc1ccc(-c2csc(NC(=O)C(C)Sc3nc(N)c(C#N)c(-c4ccco4)c3C#N)n2)cc1OC. The number of nitrogens with one attached hydrogen (secondary N) is 1. The maximum Gasteiger partial charge on any atom is 0.239 e. The van der Waals surface area contributed by atoms with Gasteiger partial charge in [-0.15, -0.1) is 11.3 Å². The lowest BCUT2D eigenvalue weighted by molar-refractivity contribution is -0.115. The second-order valence-electron chi connectivity index (χ2n) is 7.49. The Balaban J connectivity index is 1.54. The van der Waals surface area contributed by atoms with Crippen LogP contribution in [0.3, 0.4) is 0 Å². The van der Waals surface area contributed by atoms with Crippen LogP contribution in [-0.4, -0.2) is 35.3 Å². The van der Waals surface area contributed by atoms with Crippen LogP contribution >= 0.6 is 23.1 Å². The third-order valence-corrected chi connectivity index (χ3v) is 7.10. The summed E-state index contributed by atoms with van der Waals surface area (Å²) in [5.74, 6) is 1.09. The Hall–Kier alpha value is -4.52. The van der Waals surface area contributed by atoms with Crippen molar-refractivity contribution in [3.05, 3.63) is 53.1 Å². The molecule has 0 fully saturated rings. The molecule has 3 heterocycles. The minimum atomic E-state index is -0.662. The number of pyridine rings is 1. The van der Waals surface area contributed by atoms with Crippen molar-refractivity contribution in [1.82, 2.24) is 9.97 Å². The van der Waals surface area contributed by atoms with Crippen molar-refractivity contribution in [2.24, 2.45) is 0 Å². The Morgan fingerprint density at radius 1 is 1.16 bits per heavy atom. The standard InChI is InChI=1S/C25H20N6O4S2/c1-13(37-24-16(11-27)21(19-5-4-8-35-19)15(10-26)22(28)30-24)23(32)31-25-29-17(12-36-25)14-6-7-18(33-2)20(9-14)34-3/h4-9,12-13H,1-3H3,(H2,28,30)(H,29,31,32). The molecule has 3 aromatic heterocycles. The van der Waals surface area contributed by atoms with Crippen LogP contribution in [-0.2, 0) is 4.79 Å². The molecule has 4 rings (SSSR count). The number of carbonyl (C=O) groups excluding carboxylic acids is 1. The molecule has 0 aliphatic rings. The van der Waals surface area contributed by atoms with Crippen molar-refractivity contribution >= 4 is 40.0 Å². The van der Waals surface area contributed by atoms with Gasteiger partial charge in [-0.3, -0.25) is 4.79 Å². The topological polar surface area (TPSA) is 160 Å². The summed E-state index contributed by atoms with van der Waals surface area (Å²) in [5.41, 5.74) is 7.87. The lowest BCUT2D eigenvalue weighted by Crippen LogP contribution is -2.22. The molecule has 1 amide bonds. The van der Waals surface area contributed by atoms with Gasteiger partial charge < -0.3 is 24.9 Å². The van der Waals surface area contributed by atoms with Crippen LogP contribution < -0.4 is 20.5 Å². The summed E-state index contributed by atoms with van der Waals surface area (Å²) in [4.78, 5) is 21.7. The predicted octanol–water partition coefficient (Wildman–Crippen LogP) is 4.93. The van der Waals surface area contributed by atoms with Crippen LogP contribution in [0.1, 0.15) is 18.1 Å². The molecule has 10 nitrogen and oxygen atoms in total. The van der Waals surface area contributed by atoms with E-state index in [2.05, 4.69) is 21.4 Å². The summed E-state index contributed by atoms with van der Waals surface area (Å²) < 4.78 is 16.0. The number of nitrogens with zero attached hydrogens (tertiary/aromatic N) is 4. The molecule has 0 spiro atoms. The Morgan fingerprint density at radius 3 is 2.57 bits per heavy atom. The Labute approximate surface area is 220 Å². The third kappa shape index (κ3) is 5.21. The highest BCUT2D eigenvalue weighted by Gasteiger charge is 2.25. The number of thioether (sulfide) groups is 1. The second-order valence-corrected chi connectivity index (χ2v) is 9.67. The van der Waals surface area contributed by atoms with Crippen molar-refractivity contribution in [1.29, 1.82) is 10.5 Å². The van der Waals surface area contributed by atoms with Crippen LogP contribution in [0.5, 0.6) is 11.5 Å². The van der Waals surface area contributed by atoms with Crippen molar-refractivity contribution in [2.45, 2.75) is 17.2 Å². The highest BCUT2D eigenvalue weighted by Crippen LogP contribution is 2.38. The first kappa shape index (κ1) is 25.6. The minimum absolute atomic E-state index is 0.0402. The van der Waals surface area contributed by atoms with Gasteiger partial charge >= 0.3 is 0 Å². The van der Waals surface area contributed by atoms with Crippen LogP contribution in [0.25, 0.3) is 22.6 Å². The molecular weight excluding hydrogens is 512 g/mol. The van der Waals surface area contributed by atoms with E-state index in [-0.39, 0.29) is 33.4 Å². The first-order valence-electron chi connectivity index (χ1n) is 10.7. The van der Waals surface area contributed by atoms with Gasteiger partial charge in [-0.2, -0.15) is 10.5 Å². The average Bonchev–Trinajstić information content (AvgIpc) is 3.60. The van der Waals surface area contributed by atoms with Gasteiger partial charge in [0.25, 0.3) is 0 Å². The summed E-state index contributed by atoms with van der Waals surface area (Å²) >= 11 is 2.32. The average molecular weight is 533 g/mol. The number of methoxy groups -OCH3 is 2. The fraction of sp³-hybridized carbons (Fsp3) is 0.160. The zero-order chi connectivity index (χ0) is 26.5. The molecule has 4 aromatic rings. The quantitative estimate of drug-likeness (QED) is 0.298. The highest BCUT2D eigenvalue weighted by molar-refractivity contribution is 8.00. The summed E-state index contributed by atoms with van der Waals surface area (Å²) in [6, 6.07) is 12.8. The maximum atomic E-state index is 13.0. The van der Waals surface area contributed by atoms with Crippen LogP contribution in [0.4, 0.5) is 10.9 Å². The molecule has 12 heteroatoms. The molecule has 0 saturated carbocycles. The Morgan fingerprint density at radius 2 is 1.92 bits per heavy atom. The van der Waals surface area contributed by atoms with E-state index in [9.17, 15) is 15.3 Å². The van der Waals surface area contributed by atoms with E-state index in [4.69, 9.17) is 19.6 Å². The summed E-state index contributed by atoms with van der Waals surface area (Å²) in [7, 11) is 3.12. The van der Waals surface area contributed by atoms with Gasteiger partial charge in [0.2, 0.25) is 5.91 Å². The molecule has 0 bridgehead atoms.